The van der Waals surface area contributed by atoms with Gasteiger partial charge in [0.25, 0.3) is 0 Å². The molecule has 0 atom stereocenters. The van der Waals surface area contributed by atoms with E-state index in [9.17, 15) is 0 Å². The summed E-state index contributed by atoms with van der Waals surface area (Å²) >= 11 is 1.68. The molecule has 0 aliphatic heterocycles. The molecule has 2 aromatic rings. The number of hydrogen-bond acceptors (Lipinski definition) is 5. The van der Waals surface area contributed by atoms with Crippen LogP contribution in [0.2, 0.25) is 0 Å². The molecule has 0 bridgehead atoms. The van der Waals surface area contributed by atoms with Crippen molar-refractivity contribution >= 4 is 17.3 Å². The Hall–Kier alpha value is -2.28. The number of rotatable bonds is 8. The maximum absolute atomic E-state index is 5.61. The molecule has 0 unspecified atom stereocenters. The van der Waals surface area contributed by atoms with Crippen LogP contribution in [0.15, 0.2) is 28.6 Å². The zero-order valence-corrected chi connectivity index (χ0v) is 16.1. The lowest BCUT2D eigenvalue weighted by Crippen LogP contribution is -2.37. The Kier molecular flexibility index (Phi) is 7.53. The highest BCUT2D eigenvalue weighted by Crippen LogP contribution is 2.27. The van der Waals surface area contributed by atoms with E-state index in [0.29, 0.717) is 13.2 Å². The molecule has 2 rings (SSSR count). The molecule has 0 saturated carbocycles. The van der Waals surface area contributed by atoms with Gasteiger partial charge in [-0.15, -0.1) is 11.3 Å². The minimum Gasteiger partial charge on any atom is -0.493 e. The van der Waals surface area contributed by atoms with E-state index in [1.165, 1.54) is 0 Å². The second-order valence-corrected chi connectivity index (χ2v) is 6.44. The van der Waals surface area contributed by atoms with Crippen LogP contribution in [-0.2, 0) is 13.0 Å². The Morgan fingerprint density at radius 1 is 1.28 bits per heavy atom. The van der Waals surface area contributed by atoms with Crippen LogP contribution in [0.4, 0.5) is 0 Å². The zero-order valence-electron chi connectivity index (χ0n) is 15.3. The monoisotopic (exact) mass is 362 g/mol. The number of hydrogen-bond donors (Lipinski definition) is 2. The number of nitrogens with zero attached hydrogens (tertiary/aromatic N) is 2. The van der Waals surface area contributed by atoms with Crippen molar-refractivity contribution in [3.63, 3.8) is 0 Å². The SMILES string of the molecule is CCOc1cc(CNC(=NC)NCCc2csc(C)n2)ccc1OC. The van der Waals surface area contributed by atoms with Gasteiger partial charge in [0.1, 0.15) is 0 Å². The molecule has 1 aromatic carbocycles. The van der Waals surface area contributed by atoms with Crippen molar-refractivity contribution in [2.45, 2.75) is 26.8 Å². The van der Waals surface area contributed by atoms with Gasteiger partial charge in [0.2, 0.25) is 0 Å². The second kappa shape index (κ2) is 9.88. The third-order valence-corrected chi connectivity index (χ3v) is 4.37. The Balaban J connectivity index is 1.84. The van der Waals surface area contributed by atoms with Gasteiger partial charge in [-0.2, -0.15) is 0 Å². The number of methoxy groups -OCH3 is 1. The van der Waals surface area contributed by atoms with E-state index >= 15 is 0 Å². The Bertz CT molecular complexity index is 700. The van der Waals surface area contributed by atoms with Crippen molar-refractivity contribution in [2.75, 3.05) is 27.3 Å². The molecule has 2 N–H and O–H groups in total. The zero-order chi connectivity index (χ0) is 18.1. The van der Waals surface area contributed by atoms with Gasteiger partial charge < -0.3 is 20.1 Å². The topological polar surface area (TPSA) is 67.8 Å². The molecular weight excluding hydrogens is 336 g/mol. The van der Waals surface area contributed by atoms with E-state index < -0.39 is 0 Å². The third-order valence-electron chi connectivity index (χ3n) is 3.55. The maximum Gasteiger partial charge on any atom is 0.191 e. The molecule has 0 fully saturated rings. The fourth-order valence-electron chi connectivity index (χ4n) is 2.34. The summed E-state index contributed by atoms with van der Waals surface area (Å²) in [5, 5.41) is 9.81. The Morgan fingerprint density at radius 2 is 2.12 bits per heavy atom. The summed E-state index contributed by atoms with van der Waals surface area (Å²) in [6.45, 7) is 6.02. The van der Waals surface area contributed by atoms with Gasteiger partial charge in [-0.1, -0.05) is 6.07 Å². The lowest BCUT2D eigenvalue weighted by Gasteiger charge is -2.14. The number of aromatic nitrogens is 1. The minimum absolute atomic E-state index is 0.604. The van der Waals surface area contributed by atoms with Gasteiger partial charge in [0.05, 0.1) is 24.4 Å². The Morgan fingerprint density at radius 3 is 2.76 bits per heavy atom. The van der Waals surface area contributed by atoms with E-state index in [1.54, 1.807) is 25.5 Å². The first-order valence-corrected chi connectivity index (χ1v) is 9.19. The second-order valence-electron chi connectivity index (χ2n) is 5.38. The number of guanidine groups is 1. The molecule has 0 amide bonds. The molecule has 0 saturated heterocycles. The first-order chi connectivity index (χ1) is 12.2. The molecule has 1 aromatic heterocycles. The predicted octanol–water partition coefficient (Wildman–Crippen LogP) is 2.77. The van der Waals surface area contributed by atoms with E-state index in [-0.39, 0.29) is 0 Å². The summed E-state index contributed by atoms with van der Waals surface area (Å²) in [4.78, 5) is 8.72. The van der Waals surface area contributed by atoms with Crippen LogP contribution in [0.3, 0.4) is 0 Å². The van der Waals surface area contributed by atoms with Gasteiger partial charge in [0.15, 0.2) is 17.5 Å². The van der Waals surface area contributed by atoms with Crippen molar-refractivity contribution in [3.8, 4) is 11.5 Å². The molecule has 0 aliphatic carbocycles. The summed E-state index contributed by atoms with van der Waals surface area (Å²) in [6, 6.07) is 5.92. The smallest absolute Gasteiger partial charge is 0.191 e. The molecule has 6 nitrogen and oxygen atoms in total. The molecular formula is C18H26N4O2S. The number of nitrogens with one attached hydrogen (secondary N) is 2. The number of thiazole rings is 1. The lowest BCUT2D eigenvalue weighted by molar-refractivity contribution is 0.310. The summed E-state index contributed by atoms with van der Waals surface area (Å²) < 4.78 is 10.9. The average molecular weight is 362 g/mol. The molecule has 0 aliphatic rings. The molecule has 25 heavy (non-hydrogen) atoms. The van der Waals surface area contributed by atoms with Gasteiger partial charge >= 0.3 is 0 Å². The molecule has 0 radical (unpaired) electrons. The van der Waals surface area contributed by atoms with Gasteiger partial charge in [-0.05, 0) is 31.5 Å². The van der Waals surface area contributed by atoms with E-state index in [2.05, 4.69) is 26.0 Å². The standard InChI is InChI=1S/C18H26N4O2S/c1-5-24-17-10-14(6-7-16(17)23-4)11-21-18(19-3)20-9-8-15-12-25-13(2)22-15/h6-7,10,12H,5,8-9,11H2,1-4H3,(H2,19,20,21). The number of aryl methyl sites for hydroxylation is 1. The van der Waals surface area contributed by atoms with Crippen LogP contribution in [0.25, 0.3) is 0 Å². The number of aliphatic imine (C=N–C) groups is 1. The van der Waals surface area contributed by atoms with Gasteiger partial charge in [0, 0.05) is 31.9 Å². The van der Waals surface area contributed by atoms with Crippen LogP contribution in [0, 0.1) is 6.92 Å². The van der Waals surface area contributed by atoms with Crippen molar-refractivity contribution in [1.82, 2.24) is 15.6 Å². The van der Waals surface area contributed by atoms with Crippen molar-refractivity contribution in [2.24, 2.45) is 4.99 Å². The Labute approximate surface area is 153 Å². The van der Waals surface area contributed by atoms with Crippen molar-refractivity contribution in [3.05, 3.63) is 39.8 Å². The fourth-order valence-corrected chi connectivity index (χ4v) is 2.98. The van der Waals surface area contributed by atoms with Crippen molar-refractivity contribution in [1.29, 1.82) is 0 Å². The highest BCUT2D eigenvalue weighted by Gasteiger charge is 2.06. The number of ether oxygens (including phenoxy) is 2. The third kappa shape index (κ3) is 5.94. The largest absolute Gasteiger partial charge is 0.493 e. The normalized spacial score (nSPS) is 11.3. The highest BCUT2D eigenvalue weighted by atomic mass is 32.1. The summed E-state index contributed by atoms with van der Waals surface area (Å²) in [7, 11) is 3.41. The summed E-state index contributed by atoms with van der Waals surface area (Å²) in [5.41, 5.74) is 2.21. The van der Waals surface area contributed by atoms with Gasteiger partial charge in [-0.3, -0.25) is 4.99 Å². The first-order valence-electron chi connectivity index (χ1n) is 8.31. The molecule has 1 heterocycles. The van der Waals surface area contributed by atoms with E-state index in [0.717, 1.165) is 46.7 Å². The minimum atomic E-state index is 0.604. The van der Waals surface area contributed by atoms with Gasteiger partial charge in [-0.25, -0.2) is 4.98 Å². The average Bonchev–Trinajstić information content (AvgIpc) is 3.03. The van der Waals surface area contributed by atoms with Crippen LogP contribution in [0.1, 0.15) is 23.2 Å². The van der Waals surface area contributed by atoms with E-state index in [1.807, 2.05) is 32.0 Å². The lowest BCUT2D eigenvalue weighted by atomic mass is 10.2. The fraction of sp³-hybridized carbons (Fsp3) is 0.444. The van der Waals surface area contributed by atoms with Crippen molar-refractivity contribution < 1.29 is 9.47 Å². The first kappa shape index (κ1) is 19.1. The quantitative estimate of drug-likeness (QED) is 0.558. The molecule has 0 spiro atoms. The number of benzene rings is 1. The summed E-state index contributed by atoms with van der Waals surface area (Å²) in [5.74, 6) is 2.26. The van der Waals surface area contributed by atoms with E-state index in [4.69, 9.17) is 9.47 Å². The summed E-state index contributed by atoms with van der Waals surface area (Å²) in [6.07, 6.45) is 0.877. The molecule has 7 heteroatoms. The molecule has 136 valence electrons. The maximum atomic E-state index is 5.61. The van der Waals surface area contributed by atoms with Crippen LogP contribution in [-0.4, -0.2) is 38.3 Å². The highest BCUT2D eigenvalue weighted by molar-refractivity contribution is 7.09. The van der Waals surface area contributed by atoms with Crippen LogP contribution >= 0.6 is 11.3 Å². The predicted molar refractivity (Wildman–Crippen MR) is 103 cm³/mol. The van der Waals surface area contributed by atoms with Crippen LogP contribution < -0.4 is 20.1 Å². The van der Waals surface area contributed by atoms with Crippen LogP contribution in [0.5, 0.6) is 11.5 Å².